The van der Waals surface area contributed by atoms with Gasteiger partial charge in [0.1, 0.15) is 11.3 Å². The molecule has 3 nitrogen and oxygen atoms in total. The third-order valence-electron chi connectivity index (χ3n) is 4.86. The van der Waals surface area contributed by atoms with Gasteiger partial charge in [0.05, 0.1) is 5.52 Å². The summed E-state index contributed by atoms with van der Waals surface area (Å²) in [6.45, 7) is 2.38. The quantitative estimate of drug-likeness (QED) is 0.811. The van der Waals surface area contributed by atoms with E-state index in [2.05, 4.69) is 14.5 Å². The Hall–Kier alpha value is -1.20. The first-order chi connectivity index (χ1) is 9.74. The lowest BCUT2D eigenvalue weighted by Gasteiger charge is -2.35. The highest BCUT2D eigenvalue weighted by Crippen LogP contribution is 2.35. The maximum absolute atomic E-state index is 13.9. The first-order valence-electron chi connectivity index (χ1n) is 7.37. The van der Waals surface area contributed by atoms with Crippen LogP contribution in [0.1, 0.15) is 31.7 Å². The molecule has 2 saturated heterocycles. The zero-order valence-corrected chi connectivity index (χ0v) is 12.1. The van der Waals surface area contributed by atoms with Crippen LogP contribution in [0.2, 0.25) is 0 Å². The summed E-state index contributed by atoms with van der Waals surface area (Å²) >= 11 is 5.44. The standard InChI is InChI=1S/C15H18FN3S/c16-12-4-1-5-13-14(12)17-15(20)19(13)11-6-8-18-7-2-3-10(18)9-11/h1,4-5,10-11H,2-3,6-9H2,(H,17,20). The molecular formula is C15H18FN3S. The van der Waals surface area contributed by atoms with Gasteiger partial charge in [0.25, 0.3) is 0 Å². The molecule has 0 radical (unpaired) electrons. The zero-order chi connectivity index (χ0) is 13.7. The van der Waals surface area contributed by atoms with E-state index in [0.29, 0.717) is 22.4 Å². The second-order valence-electron chi connectivity index (χ2n) is 5.94. The van der Waals surface area contributed by atoms with E-state index < -0.39 is 0 Å². The Kier molecular flexibility index (Phi) is 2.93. The van der Waals surface area contributed by atoms with Gasteiger partial charge in [-0.2, -0.15) is 0 Å². The number of aromatic amines is 1. The first kappa shape index (κ1) is 12.5. The average Bonchev–Trinajstić information content (AvgIpc) is 3.02. The number of aromatic nitrogens is 2. The van der Waals surface area contributed by atoms with Gasteiger partial charge in [-0.15, -0.1) is 0 Å². The van der Waals surface area contributed by atoms with Gasteiger partial charge in [-0.25, -0.2) is 4.39 Å². The number of hydrogen-bond acceptors (Lipinski definition) is 2. The molecule has 0 bridgehead atoms. The second-order valence-corrected chi connectivity index (χ2v) is 6.33. The summed E-state index contributed by atoms with van der Waals surface area (Å²) in [5, 5.41) is 0. The number of H-pyrrole nitrogens is 1. The molecule has 4 rings (SSSR count). The molecule has 2 aliphatic rings. The van der Waals surface area contributed by atoms with Crippen molar-refractivity contribution in [2.75, 3.05) is 13.1 Å². The summed E-state index contributed by atoms with van der Waals surface area (Å²) in [5.74, 6) is -0.217. The van der Waals surface area contributed by atoms with Gasteiger partial charge in [0, 0.05) is 18.6 Å². The molecule has 106 valence electrons. The van der Waals surface area contributed by atoms with Crippen molar-refractivity contribution < 1.29 is 4.39 Å². The summed E-state index contributed by atoms with van der Waals surface area (Å²) < 4.78 is 16.7. The van der Waals surface area contributed by atoms with Crippen LogP contribution in [0, 0.1) is 10.6 Å². The lowest BCUT2D eigenvalue weighted by Crippen LogP contribution is -2.38. The molecule has 2 unspecified atom stereocenters. The lowest BCUT2D eigenvalue weighted by atomic mass is 9.97. The monoisotopic (exact) mass is 291 g/mol. The molecule has 1 N–H and O–H groups in total. The van der Waals surface area contributed by atoms with Gasteiger partial charge < -0.3 is 14.5 Å². The molecular weight excluding hydrogens is 273 g/mol. The third-order valence-corrected chi connectivity index (χ3v) is 5.16. The molecule has 0 saturated carbocycles. The van der Waals surface area contributed by atoms with Crippen molar-refractivity contribution in [2.45, 2.75) is 37.8 Å². The minimum absolute atomic E-state index is 0.217. The number of fused-ring (bicyclic) bond motifs is 2. The molecule has 5 heteroatoms. The van der Waals surface area contributed by atoms with E-state index in [-0.39, 0.29) is 5.82 Å². The third kappa shape index (κ3) is 1.84. The number of rotatable bonds is 1. The van der Waals surface area contributed by atoms with Crippen LogP contribution in [0.3, 0.4) is 0 Å². The van der Waals surface area contributed by atoms with Crippen molar-refractivity contribution in [3.8, 4) is 0 Å². The van der Waals surface area contributed by atoms with Gasteiger partial charge in [0.2, 0.25) is 0 Å². The smallest absolute Gasteiger partial charge is 0.178 e. The van der Waals surface area contributed by atoms with Crippen LogP contribution in [0.15, 0.2) is 18.2 Å². The summed E-state index contributed by atoms with van der Waals surface area (Å²) in [5.41, 5.74) is 1.46. The van der Waals surface area contributed by atoms with Crippen molar-refractivity contribution in [1.82, 2.24) is 14.5 Å². The summed E-state index contributed by atoms with van der Waals surface area (Å²) in [7, 11) is 0. The fraction of sp³-hybridized carbons (Fsp3) is 0.533. The normalized spacial score (nSPS) is 27.1. The summed E-state index contributed by atoms with van der Waals surface area (Å²) in [4.78, 5) is 5.63. The molecule has 2 aromatic rings. The van der Waals surface area contributed by atoms with Gasteiger partial charge in [0.15, 0.2) is 4.77 Å². The number of benzene rings is 1. The first-order valence-corrected chi connectivity index (χ1v) is 7.77. The molecule has 3 heterocycles. The molecule has 20 heavy (non-hydrogen) atoms. The van der Waals surface area contributed by atoms with E-state index in [1.165, 1.54) is 25.5 Å². The molecule has 2 aliphatic heterocycles. The second kappa shape index (κ2) is 4.67. The average molecular weight is 291 g/mol. The SMILES string of the molecule is Fc1cccc2c1[nH]c(=S)n2C1CCN2CCCC2C1. The number of nitrogens with one attached hydrogen (secondary N) is 1. The molecule has 1 aromatic carbocycles. The van der Waals surface area contributed by atoms with Crippen LogP contribution in [-0.4, -0.2) is 33.6 Å². The zero-order valence-electron chi connectivity index (χ0n) is 11.3. The van der Waals surface area contributed by atoms with Gasteiger partial charge in [-0.05, 0) is 56.6 Å². The van der Waals surface area contributed by atoms with Gasteiger partial charge in [-0.1, -0.05) is 6.07 Å². The number of nitrogens with zero attached hydrogens (tertiary/aromatic N) is 2. The summed E-state index contributed by atoms with van der Waals surface area (Å²) in [6, 6.07) is 6.30. The molecule has 2 fully saturated rings. The highest BCUT2D eigenvalue weighted by Gasteiger charge is 2.33. The van der Waals surface area contributed by atoms with E-state index in [4.69, 9.17) is 12.2 Å². The number of imidazole rings is 1. The highest BCUT2D eigenvalue weighted by atomic mass is 32.1. The predicted molar refractivity (Wildman–Crippen MR) is 79.9 cm³/mol. The van der Waals surface area contributed by atoms with Crippen molar-refractivity contribution in [3.63, 3.8) is 0 Å². The largest absolute Gasteiger partial charge is 0.328 e. The molecule has 0 aliphatic carbocycles. The number of halogens is 1. The highest BCUT2D eigenvalue weighted by molar-refractivity contribution is 7.71. The Morgan fingerprint density at radius 3 is 3.00 bits per heavy atom. The fourth-order valence-electron chi connectivity index (χ4n) is 3.91. The van der Waals surface area contributed by atoms with Crippen molar-refractivity contribution >= 4 is 23.3 Å². The van der Waals surface area contributed by atoms with Crippen LogP contribution in [0.25, 0.3) is 11.0 Å². The molecule has 1 aromatic heterocycles. The lowest BCUT2D eigenvalue weighted by molar-refractivity contribution is 0.156. The van der Waals surface area contributed by atoms with E-state index in [9.17, 15) is 4.39 Å². The Morgan fingerprint density at radius 2 is 2.10 bits per heavy atom. The molecule has 0 spiro atoms. The van der Waals surface area contributed by atoms with Crippen LogP contribution >= 0.6 is 12.2 Å². The minimum atomic E-state index is -0.217. The van der Waals surface area contributed by atoms with E-state index in [1.807, 2.05) is 6.07 Å². The minimum Gasteiger partial charge on any atom is -0.328 e. The van der Waals surface area contributed by atoms with Crippen molar-refractivity contribution in [3.05, 3.63) is 28.8 Å². The van der Waals surface area contributed by atoms with Crippen molar-refractivity contribution in [2.24, 2.45) is 0 Å². The van der Waals surface area contributed by atoms with Crippen LogP contribution in [0.5, 0.6) is 0 Å². The number of hydrogen-bond donors (Lipinski definition) is 1. The van der Waals surface area contributed by atoms with Gasteiger partial charge in [-0.3, -0.25) is 0 Å². The van der Waals surface area contributed by atoms with Gasteiger partial charge >= 0.3 is 0 Å². The van der Waals surface area contributed by atoms with E-state index >= 15 is 0 Å². The summed E-state index contributed by atoms with van der Waals surface area (Å²) in [6.07, 6.45) is 4.85. The molecule has 0 amide bonds. The number of para-hydroxylation sites is 1. The van der Waals surface area contributed by atoms with Crippen molar-refractivity contribution in [1.29, 1.82) is 0 Å². The fourth-order valence-corrected chi connectivity index (χ4v) is 4.26. The van der Waals surface area contributed by atoms with Crippen LogP contribution < -0.4 is 0 Å². The predicted octanol–water partition coefficient (Wildman–Crippen LogP) is 3.64. The Morgan fingerprint density at radius 1 is 1.20 bits per heavy atom. The number of piperidine rings is 1. The van der Waals surface area contributed by atoms with E-state index in [1.54, 1.807) is 6.07 Å². The Bertz CT molecular complexity index is 705. The topological polar surface area (TPSA) is 24.0 Å². The Balaban J connectivity index is 1.77. The van der Waals surface area contributed by atoms with E-state index in [0.717, 1.165) is 24.9 Å². The Labute approximate surface area is 122 Å². The van der Waals surface area contributed by atoms with Crippen LogP contribution in [0.4, 0.5) is 4.39 Å². The maximum Gasteiger partial charge on any atom is 0.178 e. The van der Waals surface area contributed by atoms with Crippen LogP contribution in [-0.2, 0) is 0 Å². The molecule has 2 atom stereocenters. The maximum atomic E-state index is 13.9.